The number of primary amides is 1. The lowest BCUT2D eigenvalue weighted by Gasteiger charge is -2.41. The number of hydrogen-bond acceptors (Lipinski definition) is 15. The summed E-state index contributed by atoms with van der Waals surface area (Å²) in [5.41, 5.74) is 4.93. The third kappa shape index (κ3) is 22.5. The lowest BCUT2D eigenvalue weighted by molar-refractivity contribution is -0.148. The van der Waals surface area contributed by atoms with E-state index in [2.05, 4.69) is 37.2 Å². The van der Waals surface area contributed by atoms with Crippen molar-refractivity contribution in [3.05, 3.63) is 77.9 Å². The zero-order chi connectivity index (χ0) is 68.6. The summed E-state index contributed by atoms with van der Waals surface area (Å²) in [6.07, 6.45) is 3.65. The predicted molar refractivity (Wildman–Crippen MR) is 344 cm³/mol. The molecular weight excluding hydrogens is 1190 g/mol. The van der Waals surface area contributed by atoms with E-state index in [1.54, 1.807) is 108 Å². The van der Waals surface area contributed by atoms with Crippen LogP contribution in [-0.2, 0) is 64.0 Å². The summed E-state index contributed by atoms with van der Waals surface area (Å²) in [5.74, 6) is -6.08. The summed E-state index contributed by atoms with van der Waals surface area (Å²) in [6, 6.07) is 9.11. The fourth-order valence-electron chi connectivity index (χ4n) is 11.2. The molecule has 26 nitrogen and oxygen atoms in total. The Morgan fingerprint density at radius 1 is 0.750 bits per heavy atom. The van der Waals surface area contributed by atoms with Crippen molar-refractivity contribution in [2.24, 2.45) is 29.4 Å². The van der Waals surface area contributed by atoms with Gasteiger partial charge in [0.2, 0.25) is 41.4 Å². The topological polar surface area (TPSA) is 352 Å². The molecule has 0 bridgehead atoms. The molecule has 1 fully saturated rings. The number of anilines is 1. The SMILES string of the molecule is CC[C@H](C)C([C@@H](CC(=O)N1CCC[C@H]1C(OC)[C@@H](C)C(=O)N[C@H](C)C(=O)c1ccccc1)OC)N(C)C(=O)[C@@H](NC(=O)C(C)(C)NC(=O)OCc1ccc(NC(=O)[C@H](CCCNC(N)=O)NC(=O)[C@@H](NC(=O)CCCCCN2C(=O)C=CC2=O)C(C)C)cc1)C(C)C. The van der Waals surface area contributed by atoms with Crippen LogP contribution in [-0.4, -0.2) is 181 Å². The van der Waals surface area contributed by atoms with Gasteiger partial charge in [0.25, 0.3) is 11.8 Å². The summed E-state index contributed by atoms with van der Waals surface area (Å²) >= 11 is 0. The number of likely N-dealkylation sites (tertiary alicyclic amines) is 1. The van der Waals surface area contributed by atoms with E-state index in [1.807, 2.05) is 13.8 Å². The van der Waals surface area contributed by atoms with E-state index in [0.29, 0.717) is 61.9 Å². The number of ketones is 1. The van der Waals surface area contributed by atoms with E-state index < -0.39 is 107 Å². The van der Waals surface area contributed by atoms with Crippen LogP contribution in [0.15, 0.2) is 66.7 Å². The smallest absolute Gasteiger partial charge is 0.408 e. The summed E-state index contributed by atoms with van der Waals surface area (Å²) in [5, 5.41) is 19.0. The average Bonchev–Trinajstić information content (AvgIpc) is 1.31. The fourth-order valence-corrected chi connectivity index (χ4v) is 11.2. The van der Waals surface area contributed by atoms with Crippen LogP contribution in [0.25, 0.3) is 0 Å². The van der Waals surface area contributed by atoms with Crippen LogP contribution in [0.4, 0.5) is 15.3 Å². The number of Topliss-reactive ketones (excluding diaryl/α,β-unsaturated/α-hetero) is 1. The molecule has 2 aromatic rings. The molecule has 9 N–H and O–H groups in total. The van der Waals surface area contributed by atoms with Gasteiger partial charge in [0, 0.05) is 70.7 Å². The third-order valence-electron chi connectivity index (χ3n) is 16.9. The first-order chi connectivity index (χ1) is 43.5. The number of ether oxygens (including phenoxy) is 3. The third-order valence-corrected chi connectivity index (χ3v) is 16.9. The maximum atomic E-state index is 14.7. The van der Waals surface area contributed by atoms with Crippen LogP contribution in [0, 0.1) is 23.7 Å². The Morgan fingerprint density at radius 2 is 1.39 bits per heavy atom. The maximum absolute atomic E-state index is 14.7. The molecule has 0 aromatic heterocycles. The molecule has 508 valence electrons. The van der Waals surface area contributed by atoms with Crippen molar-refractivity contribution in [1.29, 1.82) is 0 Å². The van der Waals surface area contributed by atoms with Gasteiger partial charge in [0.15, 0.2) is 5.78 Å². The number of hydrogen-bond donors (Lipinski definition) is 8. The lowest BCUT2D eigenvalue weighted by Crippen LogP contribution is -2.62. The number of carbonyl (C=O) groups excluding carboxylic acids is 12. The molecule has 4 rings (SSSR count). The average molecular weight is 1290 g/mol. The number of likely N-dealkylation sites (N-methyl/N-ethyl adjacent to an activating group) is 1. The minimum Gasteiger partial charge on any atom is -0.445 e. The first-order valence-corrected chi connectivity index (χ1v) is 31.8. The molecule has 2 aliphatic rings. The summed E-state index contributed by atoms with van der Waals surface area (Å²) in [4.78, 5) is 163. The van der Waals surface area contributed by atoms with Gasteiger partial charge in [-0.1, -0.05) is 104 Å². The van der Waals surface area contributed by atoms with Crippen molar-refractivity contribution < 1.29 is 71.7 Å². The minimum atomic E-state index is -1.60. The Balaban J connectivity index is 1.34. The Morgan fingerprint density at radius 3 is 1.98 bits per heavy atom. The number of alkyl carbamates (subject to hydrolysis) is 1. The predicted octanol–water partition coefficient (Wildman–Crippen LogP) is 4.64. The Hall–Kier alpha value is -8.26. The van der Waals surface area contributed by atoms with Gasteiger partial charge in [-0.2, -0.15) is 0 Å². The minimum absolute atomic E-state index is 0.0811. The van der Waals surface area contributed by atoms with E-state index in [4.69, 9.17) is 19.9 Å². The van der Waals surface area contributed by atoms with Crippen LogP contribution >= 0.6 is 0 Å². The quantitative estimate of drug-likeness (QED) is 0.0260. The monoisotopic (exact) mass is 1290 g/mol. The van der Waals surface area contributed by atoms with E-state index >= 15 is 0 Å². The Kier molecular flexibility index (Phi) is 30.4. The molecule has 1 saturated heterocycles. The molecule has 0 aliphatic carbocycles. The molecule has 92 heavy (non-hydrogen) atoms. The van der Waals surface area contributed by atoms with Crippen LogP contribution in [0.2, 0.25) is 0 Å². The van der Waals surface area contributed by atoms with E-state index in [1.165, 1.54) is 45.1 Å². The number of methoxy groups -OCH3 is 2. The number of amides is 12. The van der Waals surface area contributed by atoms with Crippen molar-refractivity contribution >= 4 is 76.8 Å². The highest BCUT2D eigenvalue weighted by atomic mass is 16.5. The van der Waals surface area contributed by atoms with Gasteiger partial charge in [-0.25, -0.2) is 9.59 Å². The van der Waals surface area contributed by atoms with Gasteiger partial charge in [-0.15, -0.1) is 0 Å². The highest BCUT2D eigenvalue weighted by Gasteiger charge is 2.44. The first kappa shape index (κ1) is 76.2. The van der Waals surface area contributed by atoms with Gasteiger partial charge in [0.1, 0.15) is 30.3 Å². The molecule has 0 saturated carbocycles. The molecule has 26 heteroatoms. The van der Waals surface area contributed by atoms with Gasteiger partial charge < -0.3 is 67.0 Å². The van der Waals surface area contributed by atoms with Gasteiger partial charge in [-0.3, -0.25) is 52.8 Å². The van der Waals surface area contributed by atoms with Crippen molar-refractivity contribution in [3.63, 3.8) is 0 Å². The number of unbranched alkanes of at least 4 members (excludes halogenated alkanes) is 2. The number of nitrogens with zero attached hydrogens (tertiary/aromatic N) is 3. The Labute approximate surface area is 540 Å². The zero-order valence-corrected chi connectivity index (χ0v) is 55.7. The van der Waals surface area contributed by atoms with Gasteiger partial charge in [0.05, 0.1) is 42.7 Å². The largest absolute Gasteiger partial charge is 0.445 e. The molecule has 0 spiro atoms. The lowest BCUT2D eigenvalue weighted by atomic mass is 9.89. The number of nitrogens with two attached hydrogens (primary N) is 1. The summed E-state index contributed by atoms with van der Waals surface area (Å²) in [6.45, 7) is 17.7. The molecule has 10 atom stereocenters. The van der Waals surface area contributed by atoms with Crippen LogP contribution in [0.1, 0.15) is 149 Å². The van der Waals surface area contributed by atoms with Gasteiger partial charge in [-0.05, 0) is 94.7 Å². The van der Waals surface area contributed by atoms with Crippen molar-refractivity contribution in [2.45, 2.75) is 194 Å². The van der Waals surface area contributed by atoms with Gasteiger partial charge >= 0.3 is 12.1 Å². The molecule has 2 aromatic carbocycles. The van der Waals surface area contributed by atoms with Crippen LogP contribution in [0.3, 0.4) is 0 Å². The first-order valence-electron chi connectivity index (χ1n) is 31.8. The molecule has 0 radical (unpaired) electrons. The fraction of sp³-hybridized carbons (Fsp3) is 0.606. The normalized spacial score (nSPS) is 16.9. The molecule has 2 heterocycles. The number of imide groups is 1. The number of rotatable bonds is 37. The van der Waals surface area contributed by atoms with Crippen molar-refractivity contribution in [1.82, 2.24) is 46.6 Å². The second-order valence-electron chi connectivity index (χ2n) is 25.0. The molecule has 2 aliphatic heterocycles. The van der Waals surface area contributed by atoms with Crippen molar-refractivity contribution in [3.8, 4) is 0 Å². The summed E-state index contributed by atoms with van der Waals surface area (Å²) in [7, 11) is 4.59. The van der Waals surface area contributed by atoms with Crippen molar-refractivity contribution in [2.75, 3.05) is 46.2 Å². The number of benzene rings is 2. The number of carbonyl (C=O) groups is 12. The highest BCUT2D eigenvalue weighted by Crippen LogP contribution is 2.30. The number of urea groups is 1. The van der Waals surface area contributed by atoms with Crippen LogP contribution < -0.4 is 43.0 Å². The number of nitrogens with one attached hydrogen (secondary N) is 7. The highest BCUT2D eigenvalue weighted by molar-refractivity contribution is 6.13. The molecule has 2 unspecified atom stereocenters. The second kappa shape index (κ2) is 36.7. The van der Waals surface area contributed by atoms with E-state index in [9.17, 15) is 57.5 Å². The second-order valence-corrected chi connectivity index (χ2v) is 25.0. The van der Waals surface area contributed by atoms with E-state index in [-0.39, 0.29) is 86.6 Å². The molecule has 12 amide bonds. The standard InChI is InChI=1S/C66H99N11O15/c1-14-41(6)56(49(90-12)37-53(81)76-36-22-26-48(76)58(91-13)42(7)59(83)69-43(8)57(82)45-23-17-15-18-24-45)75(11)62(86)55(40(4)5)73-63(87)66(9,10)74-65(89)92-38-44-28-30-46(31-29-44)70-60(84)47(25-21-34-68-64(67)88)71-61(85)54(39(2)3)72-50(78)27-19-16-20-35-77-51(79)32-33-52(77)80/h15,17-18,23-24,28-33,39-43,47-49,54-56,58H,14,16,19-22,25-27,34-38H2,1-13H3,(H,69,83)(H,70,84)(H,71,85)(H,72,78)(H,73,87)(H,74,89)(H3,67,68,88)/t41-,42+,43+,47-,48-,49+,54-,55-,56?,58?/m0/s1. The molecular formula is C66H99N11O15. The Bertz CT molecular complexity index is 2890. The maximum Gasteiger partial charge on any atom is 0.408 e. The summed E-state index contributed by atoms with van der Waals surface area (Å²) < 4.78 is 17.5. The van der Waals surface area contributed by atoms with E-state index in [0.717, 1.165) is 4.90 Å². The van der Waals surface area contributed by atoms with Crippen LogP contribution in [0.5, 0.6) is 0 Å². The zero-order valence-electron chi connectivity index (χ0n) is 55.7.